The van der Waals surface area contributed by atoms with Crippen LogP contribution in [0.2, 0.25) is 0 Å². The van der Waals surface area contributed by atoms with Gasteiger partial charge in [0.15, 0.2) is 0 Å². The molecule has 0 spiro atoms. The maximum Gasteiger partial charge on any atom is 0.0664 e. The minimum Gasteiger partial charge on any atom is -0.318 e. The molecule has 2 N–H and O–H groups in total. The lowest BCUT2D eigenvalue weighted by Gasteiger charge is -2.03. The largest absolute Gasteiger partial charge is 0.318 e. The van der Waals surface area contributed by atoms with E-state index in [1.54, 1.807) is 0 Å². The van der Waals surface area contributed by atoms with Gasteiger partial charge in [0, 0.05) is 6.20 Å². The lowest BCUT2D eigenvalue weighted by Crippen LogP contribution is -2.16. The summed E-state index contributed by atoms with van der Waals surface area (Å²) in [4.78, 5) is 4.42. The quantitative estimate of drug-likeness (QED) is 0.767. The number of nitrogens with zero attached hydrogens (tertiary/aromatic N) is 1. The lowest BCUT2D eigenvalue weighted by molar-refractivity contribution is 0.717. The molecule has 0 bridgehead atoms. The van der Waals surface area contributed by atoms with Crippen LogP contribution in [0.15, 0.2) is 18.3 Å². The summed E-state index contributed by atoms with van der Waals surface area (Å²) in [6, 6.07) is 4.17. The predicted octanol–water partition coefficient (Wildman–Crippen LogP) is 2.24. The molecule has 2 nitrogen and oxygen atoms in total. The Kier molecular flexibility index (Phi) is 3.58. The summed E-state index contributed by atoms with van der Waals surface area (Å²) >= 11 is 0. The summed E-state index contributed by atoms with van der Waals surface area (Å²) < 4.78 is 0. The minimum atomic E-state index is 0.0257. The topological polar surface area (TPSA) is 38.9 Å². The highest BCUT2D eigenvalue weighted by molar-refractivity contribution is 5.35. The molecule has 2 unspecified atom stereocenters. The molecule has 0 saturated heterocycles. The van der Waals surface area contributed by atoms with Crippen LogP contribution in [0.1, 0.15) is 43.4 Å². The van der Waals surface area contributed by atoms with E-state index in [2.05, 4.69) is 29.8 Å². The van der Waals surface area contributed by atoms with Crippen LogP contribution in [0.4, 0.5) is 0 Å². The zero-order valence-electron chi connectivity index (χ0n) is 9.74. The van der Waals surface area contributed by atoms with Crippen LogP contribution in [-0.2, 0) is 6.42 Å². The summed E-state index contributed by atoms with van der Waals surface area (Å²) in [7, 11) is 0. The molecule has 2 atom stereocenters. The molecule has 2 heteroatoms. The number of rotatable bonds is 2. The van der Waals surface area contributed by atoms with Crippen LogP contribution in [0.5, 0.6) is 0 Å². The molecule has 0 radical (unpaired) electrons. The van der Waals surface area contributed by atoms with Gasteiger partial charge in [-0.3, -0.25) is 4.98 Å². The van der Waals surface area contributed by atoms with Crippen molar-refractivity contribution >= 4 is 0 Å². The van der Waals surface area contributed by atoms with E-state index >= 15 is 0 Å². The van der Waals surface area contributed by atoms with Gasteiger partial charge in [0.05, 0.1) is 17.7 Å². The lowest BCUT2D eigenvalue weighted by atomic mass is 10.1. The smallest absolute Gasteiger partial charge is 0.0664 e. The summed E-state index contributed by atoms with van der Waals surface area (Å²) in [6.45, 7) is 2.13. The van der Waals surface area contributed by atoms with E-state index in [1.807, 2.05) is 12.3 Å². The number of hydrogen-bond acceptors (Lipinski definition) is 2. The minimum absolute atomic E-state index is 0.0257. The summed E-state index contributed by atoms with van der Waals surface area (Å²) in [5, 5.41) is 0. The monoisotopic (exact) mass is 214 g/mol. The fourth-order valence-corrected chi connectivity index (χ4v) is 2.14. The number of hydrogen-bond donors (Lipinski definition) is 1. The molecular formula is C14H18N2. The van der Waals surface area contributed by atoms with Gasteiger partial charge in [0.25, 0.3) is 0 Å². The van der Waals surface area contributed by atoms with Crippen molar-refractivity contribution < 1.29 is 0 Å². The van der Waals surface area contributed by atoms with Crippen LogP contribution >= 0.6 is 0 Å². The molecule has 0 aliphatic heterocycles. The van der Waals surface area contributed by atoms with E-state index in [9.17, 15) is 0 Å². The van der Waals surface area contributed by atoms with Crippen molar-refractivity contribution in [2.24, 2.45) is 5.73 Å². The average molecular weight is 214 g/mol. The fourth-order valence-electron chi connectivity index (χ4n) is 2.14. The van der Waals surface area contributed by atoms with E-state index in [4.69, 9.17) is 5.73 Å². The summed E-state index contributed by atoms with van der Waals surface area (Å²) in [5.41, 5.74) is 8.41. The van der Waals surface area contributed by atoms with E-state index in [1.165, 1.54) is 11.3 Å². The van der Waals surface area contributed by atoms with Crippen LogP contribution in [-0.4, -0.2) is 11.0 Å². The van der Waals surface area contributed by atoms with Crippen LogP contribution in [0.25, 0.3) is 0 Å². The van der Waals surface area contributed by atoms with Crippen LogP contribution < -0.4 is 5.73 Å². The zero-order chi connectivity index (χ0) is 11.4. The molecule has 84 valence electrons. The number of fused-ring (bicyclic) bond motifs is 1. The molecule has 16 heavy (non-hydrogen) atoms. The maximum absolute atomic E-state index is 5.89. The van der Waals surface area contributed by atoms with Crippen molar-refractivity contribution in [1.29, 1.82) is 0 Å². The molecule has 1 aliphatic carbocycles. The molecular weight excluding hydrogens is 196 g/mol. The van der Waals surface area contributed by atoms with Crippen molar-refractivity contribution in [3.8, 4) is 11.8 Å². The Morgan fingerprint density at radius 1 is 1.62 bits per heavy atom. The molecule has 0 aromatic carbocycles. The van der Waals surface area contributed by atoms with Gasteiger partial charge < -0.3 is 5.73 Å². The number of aromatic nitrogens is 1. The number of nitrogens with two attached hydrogens (primary N) is 1. The first kappa shape index (κ1) is 11.2. The summed E-state index contributed by atoms with van der Waals surface area (Å²) in [6.07, 6.45) is 6.12. The maximum atomic E-state index is 5.89. The summed E-state index contributed by atoms with van der Waals surface area (Å²) in [5.74, 6) is 6.74. The third-order valence-corrected chi connectivity index (χ3v) is 3.00. The molecule has 2 rings (SSSR count). The Hall–Kier alpha value is -1.33. The molecule has 1 aromatic rings. The second-order valence-electron chi connectivity index (χ2n) is 4.32. The molecule has 0 saturated carbocycles. The molecule has 1 aliphatic rings. The van der Waals surface area contributed by atoms with Crippen LogP contribution in [0.3, 0.4) is 0 Å². The standard InChI is InChI=1S/C14H18N2/c1-2-4-13(15)9-8-12-7-6-11-5-3-10-16-14(11)12/h3,5,10,12-13H,2,4,6-7,15H2,1H3. The second kappa shape index (κ2) is 5.14. The fraction of sp³-hybridized carbons (Fsp3) is 0.500. The van der Waals surface area contributed by atoms with Crippen molar-refractivity contribution in [2.75, 3.05) is 0 Å². The van der Waals surface area contributed by atoms with Gasteiger partial charge in [-0.05, 0) is 30.9 Å². The van der Waals surface area contributed by atoms with Gasteiger partial charge in [-0.15, -0.1) is 0 Å². The van der Waals surface area contributed by atoms with E-state index in [0.717, 1.165) is 25.7 Å². The first-order valence-corrected chi connectivity index (χ1v) is 6.01. The van der Waals surface area contributed by atoms with Crippen molar-refractivity contribution in [3.63, 3.8) is 0 Å². The number of aryl methyl sites for hydroxylation is 1. The third kappa shape index (κ3) is 2.43. The Morgan fingerprint density at radius 2 is 2.50 bits per heavy atom. The molecule has 1 aromatic heterocycles. The molecule has 1 heterocycles. The highest BCUT2D eigenvalue weighted by Gasteiger charge is 2.21. The van der Waals surface area contributed by atoms with Gasteiger partial charge in [0.2, 0.25) is 0 Å². The van der Waals surface area contributed by atoms with Gasteiger partial charge >= 0.3 is 0 Å². The first-order valence-electron chi connectivity index (χ1n) is 6.01. The predicted molar refractivity (Wildman–Crippen MR) is 66.0 cm³/mol. The van der Waals surface area contributed by atoms with Crippen molar-refractivity contribution in [1.82, 2.24) is 4.98 Å². The van der Waals surface area contributed by atoms with Crippen molar-refractivity contribution in [2.45, 2.75) is 44.6 Å². The Bertz CT molecular complexity index is 414. The molecule has 0 amide bonds. The SMILES string of the molecule is CCCC(N)C#CC1CCc2cccnc21. The highest BCUT2D eigenvalue weighted by Crippen LogP contribution is 2.30. The number of pyridine rings is 1. The Labute approximate surface area is 97.3 Å². The average Bonchev–Trinajstić information content (AvgIpc) is 2.70. The van der Waals surface area contributed by atoms with Crippen molar-refractivity contribution in [3.05, 3.63) is 29.6 Å². The van der Waals surface area contributed by atoms with Gasteiger partial charge in [-0.25, -0.2) is 0 Å². The van der Waals surface area contributed by atoms with E-state index in [0.29, 0.717) is 5.92 Å². The molecule has 0 fully saturated rings. The normalized spacial score (nSPS) is 19.8. The van der Waals surface area contributed by atoms with Crippen LogP contribution in [0, 0.1) is 11.8 Å². The second-order valence-corrected chi connectivity index (χ2v) is 4.32. The Balaban J connectivity index is 2.08. The van der Waals surface area contributed by atoms with E-state index in [-0.39, 0.29) is 6.04 Å². The zero-order valence-corrected chi connectivity index (χ0v) is 9.74. The first-order chi connectivity index (χ1) is 7.81. The van der Waals surface area contributed by atoms with Gasteiger partial charge in [0.1, 0.15) is 0 Å². The Morgan fingerprint density at radius 3 is 3.31 bits per heavy atom. The van der Waals surface area contributed by atoms with Gasteiger partial charge in [-0.2, -0.15) is 0 Å². The third-order valence-electron chi connectivity index (χ3n) is 3.00. The van der Waals surface area contributed by atoms with Gasteiger partial charge in [-0.1, -0.05) is 31.3 Å². The van der Waals surface area contributed by atoms with E-state index < -0.39 is 0 Å². The highest BCUT2D eigenvalue weighted by atomic mass is 14.7.